The molecule has 0 aliphatic carbocycles. The molecule has 2 N–H and O–H groups in total. The number of carbonyl (C=O) groups excluding carboxylic acids is 2. The minimum Gasteiger partial charge on any atom is -0.333 e. The van der Waals surface area contributed by atoms with Gasteiger partial charge < -0.3 is 9.88 Å². The molecule has 0 saturated heterocycles. The van der Waals surface area contributed by atoms with Crippen LogP contribution < -0.4 is 10.6 Å². The number of amides is 3. The number of benzene rings is 1. The monoisotopic (exact) mass is 379 g/mol. The smallest absolute Gasteiger partial charge is 0.321 e. The molecule has 0 saturated carbocycles. The third-order valence-corrected chi connectivity index (χ3v) is 4.45. The summed E-state index contributed by atoms with van der Waals surface area (Å²) in [6, 6.07) is 5.38. The summed E-state index contributed by atoms with van der Waals surface area (Å²) >= 11 is 1.18. The van der Waals surface area contributed by atoms with E-state index in [2.05, 4.69) is 20.8 Å². The fourth-order valence-corrected chi connectivity index (χ4v) is 2.88. The van der Waals surface area contributed by atoms with E-state index in [4.69, 9.17) is 0 Å². The number of nitrogens with zero attached hydrogens (tertiary/aromatic N) is 3. The van der Waals surface area contributed by atoms with Crippen LogP contribution in [0.3, 0.4) is 0 Å². The summed E-state index contributed by atoms with van der Waals surface area (Å²) in [5.41, 5.74) is 0.281. The van der Waals surface area contributed by atoms with Gasteiger partial charge in [0.15, 0.2) is 11.0 Å². The summed E-state index contributed by atoms with van der Waals surface area (Å²) in [4.78, 5) is 24.0. The molecule has 0 spiro atoms. The van der Waals surface area contributed by atoms with Crippen molar-refractivity contribution in [1.29, 1.82) is 0 Å². The van der Waals surface area contributed by atoms with E-state index in [9.17, 15) is 14.0 Å². The van der Waals surface area contributed by atoms with Gasteiger partial charge >= 0.3 is 6.03 Å². The first kappa shape index (κ1) is 19.9. The second-order valence-electron chi connectivity index (χ2n) is 6.83. The second-order valence-corrected chi connectivity index (χ2v) is 8.13. The summed E-state index contributed by atoms with van der Waals surface area (Å²) in [6.45, 7) is 7.15. The van der Waals surface area contributed by atoms with Crippen LogP contribution >= 0.6 is 11.8 Å². The number of nitrogens with one attached hydrogen (secondary N) is 2. The number of halogens is 1. The van der Waals surface area contributed by atoms with E-state index in [-0.39, 0.29) is 5.82 Å². The van der Waals surface area contributed by atoms with Gasteiger partial charge in [0.25, 0.3) is 0 Å². The zero-order chi connectivity index (χ0) is 19.5. The summed E-state index contributed by atoms with van der Waals surface area (Å²) in [7, 11) is 1.76. The molecule has 2 aromatic rings. The average Bonchev–Trinajstić information content (AvgIpc) is 2.87. The lowest BCUT2D eigenvalue weighted by Gasteiger charge is -2.21. The van der Waals surface area contributed by atoms with Crippen LogP contribution in [-0.2, 0) is 11.8 Å². The maximum absolute atomic E-state index is 13.1. The van der Waals surface area contributed by atoms with Gasteiger partial charge in [0.1, 0.15) is 5.82 Å². The van der Waals surface area contributed by atoms with Crippen LogP contribution in [0.5, 0.6) is 0 Å². The Hall–Kier alpha value is -2.42. The SMILES string of the molecule is C[C@@H](Sc1nnc(-c2ccc(F)cc2)n1C)C(=O)NC(=O)NC(C)(C)C. The Bertz CT molecular complexity index is 798. The molecule has 0 aliphatic heterocycles. The molecule has 0 fully saturated rings. The predicted octanol–water partition coefficient (Wildman–Crippen LogP) is 2.73. The molecular weight excluding hydrogens is 357 g/mol. The molecule has 9 heteroatoms. The summed E-state index contributed by atoms with van der Waals surface area (Å²) in [6.07, 6.45) is 0. The van der Waals surface area contributed by atoms with Crippen molar-refractivity contribution in [3.8, 4) is 11.4 Å². The van der Waals surface area contributed by atoms with E-state index in [0.29, 0.717) is 11.0 Å². The third-order valence-electron chi connectivity index (χ3n) is 3.31. The lowest BCUT2D eigenvalue weighted by molar-refractivity contribution is -0.119. The van der Waals surface area contributed by atoms with Crippen molar-refractivity contribution in [3.63, 3.8) is 0 Å². The van der Waals surface area contributed by atoms with Crippen molar-refractivity contribution in [2.45, 2.75) is 43.6 Å². The number of hydrogen-bond acceptors (Lipinski definition) is 5. The van der Waals surface area contributed by atoms with Crippen molar-refractivity contribution < 1.29 is 14.0 Å². The molecule has 1 atom stereocenters. The number of rotatable bonds is 4. The third kappa shape index (κ3) is 5.29. The zero-order valence-electron chi connectivity index (χ0n) is 15.3. The quantitative estimate of drug-likeness (QED) is 0.798. The molecule has 0 unspecified atom stereocenters. The van der Waals surface area contributed by atoms with Crippen molar-refractivity contribution in [1.82, 2.24) is 25.4 Å². The minimum atomic E-state index is -0.551. The number of urea groups is 1. The molecular formula is C17H22FN5O2S. The zero-order valence-corrected chi connectivity index (χ0v) is 16.1. The highest BCUT2D eigenvalue weighted by molar-refractivity contribution is 8.00. The summed E-state index contributed by atoms with van der Waals surface area (Å²) in [5.74, 6) is -0.196. The van der Waals surface area contributed by atoms with Gasteiger partial charge in [-0.05, 0) is 52.0 Å². The normalized spacial score (nSPS) is 12.5. The van der Waals surface area contributed by atoms with E-state index >= 15 is 0 Å². The van der Waals surface area contributed by atoms with Crippen LogP contribution in [0.2, 0.25) is 0 Å². The Morgan fingerprint density at radius 1 is 1.19 bits per heavy atom. The lowest BCUT2D eigenvalue weighted by Crippen LogP contribution is -2.49. The molecule has 0 aliphatic rings. The topological polar surface area (TPSA) is 88.9 Å². The number of hydrogen-bond donors (Lipinski definition) is 2. The molecule has 3 amide bonds. The van der Waals surface area contributed by atoms with E-state index in [0.717, 1.165) is 5.56 Å². The number of aromatic nitrogens is 3. The average molecular weight is 379 g/mol. The maximum Gasteiger partial charge on any atom is 0.321 e. The molecule has 140 valence electrons. The predicted molar refractivity (Wildman–Crippen MR) is 98.1 cm³/mol. The molecule has 1 aromatic carbocycles. The Morgan fingerprint density at radius 3 is 2.38 bits per heavy atom. The first-order valence-electron chi connectivity index (χ1n) is 8.02. The van der Waals surface area contributed by atoms with Gasteiger partial charge in [-0.2, -0.15) is 0 Å². The Morgan fingerprint density at radius 2 is 1.81 bits per heavy atom. The molecule has 1 heterocycles. The van der Waals surface area contributed by atoms with Gasteiger partial charge in [-0.25, -0.2) is 9.18 Å². The van der Waals surface area contributed by atoms with Crippen LogP contribution in [-0.4, -0.2) is 37.5 Å². The highest BCUT2D eigenvalue weighted by Gasteiger charge is 2.22. The Balaban J connectivity index is 2.03. The van der Waals surface area contributed by atoms with E-state index < -0.39 is 22.7 Å². The summed E-state index contributed by atoms with van der Waals surface area (Å²) < 4.78 is 14.8. The summed E-state index contributed by atoms with van der Waals surface area (Å²) in [5, 5.41) is 13.1. The lowest BCUT2D eigenvalue weighted by atomic mass is 10.1. The highest BCUT2D eigenvalue weighted by atomic mass is 32.2. The van der Waals surface area contributed by atoms with E-state index in [1.807, 2.05) is 20.8 Å². The van der Waals surface area contributed by atoms with Crippen LogP contribution in [0.15, 0.2) is 29.4 Å². The minimum absolute atomic E-state index is 0.329. The molecule has 26 heavy (non-hydrogen) atoms. The Kier molecular flexibility index (Phi) is 6.01. The van der Waals surface area contributed by atoms with Crippen molar-refractivity contribution in [3.05, 3.63) is 30.1 Å². The second kappa shape index (κ2) is 7.86. The van der Waals surface area contributed by atoms with E-state index in [1.165, 1.54) is 23.9 Å². The largest absolute Gasteiger partial charge is 0.333 e. The van der Waals surface area contributed by atoms with Gasteiger partial charge in [0.05, 0.1) is 5.25 Å². The van der Waals surface area contributed by atoms with Crippen LogP contribution in [0.25, 0.3) is 11.4 Å². The maximum atomic E-state index is 13.1. The van der Waals surface area contributed by atoms with Crippen molar-refractivity contribution in [2.24, 2.45) is 7.05 Å². The molecule has 7 nitrogen and oxygen atoms in total. The first-order chi connectivity index (χ1) is 12.1. The van der Waals surface area contributed by atoms with Gasteiger partial charge in [-0.1, -0.05) is 11.8 Å². The van der Waals surface area contributed by atoms with Gasteiger partial charge in [-0.3, -0.25) is 10.1 Å². The van der Waals surface area contributed by atoms with Crippen molar-refractivity contribution >= 4 is 23.7 Å². The van der Waals surface area contributed by atoms with Crippen molar-refractivity contribution in [2.75, 3.05) is 0 Å². The van der Waals surface area contributed by atoms with Gasteiger partial charge in [0, 0.05) is 18.2 Å². The molecule has 2 rings (SSSR count). The number of imide groups is 1. The van der Waals surface area contributed by atoms with Crippen LogP contribution in [0, 0.1) is 5.82 Å². The standard InChI is InChI=1S/C17H22FN5O2S/c1-10(14(24)19-15(25)20-17(2,3)4)26-16-22-21-13(23(16)5)11-6-8-12(18)9-7-11/h6-10H,1-5H3,(H2,19,20,24,25)/t10-/m1/s1. The first-order valence-corrected chi connectivity index (χ1v) is 8.90. The number of carbonyl (C=O) groups is 2. The Labute approximate surface area is 155 Å². The molecule has 1 aromatic heterocycles. The molecule has 0 bridgehead atoms. The van der Waals surface area contributed by atoms with Crippen LogP contribution in [0.1, 0.15) is 27.7 Å². The molecule has 0 radical (unpaired) electrons. The van der Waals surface area contributed by atoms with E-state index in [1.54, 1.807) is 30.7 Å². The van der Waals surface area contributed by atoms with Gasteiger partial charge in [0.2, 0.25) is 5.91 Å². The highest BCUT2D eigenvalue weighted by Crippen LogP contribution is 2.25. The van der Waals surface area contributed by atoms with Crippen LogP contribution in [0.4, 0.5) is 9.18 Å². The fraction of sp³-hybridized carbons (Fsp3) is 0.412. The van der Waals surface area contributed by atoms with Gasteiger partial charge in [-0.15, -0.1) is 10.2 Å². The number of thioether (sulfide) groups is 1. The fourth-order valence-electron chi connectivity index (χ4n) is 2.06.